The minimum atomic E-state index is -0.477. The highest BCUT2D eigenvalue weighted by Crippen LogP contribution is 2.31. The number of ether oxygens (including phenoxy) is 1. The Kier molecular flexibility index (Phi) is 5.98. The van der Waals surface area contributed by atoms with Crippen LogP contribution >= 0.6 is 23.2 Å². The molecular weight excluding hydrogens is 365 g/mol. The van der Waals surface area contributed by atoms with Gasteiger partial charge >= 0.3 is 5.97 Å². The van der Waals surface area contributed by atoms with Gasteiger partial charge < -0.3 is 20.8 Å². The number of carbonyl (C=O) groups is 2. The van der Waals surface area contributed by atoms with E-state index < -0.39 is 11.9 Å². The first-order chi connectivity index (χ1) is 11.8. The number of aromatic nitrogens is 1. The van der Waals surface area contributed by atoms with E-state index in [1.165, 1.54) is 19.2 Å². The van der Waals surface area contributed by atoms with Gasteiger partial charge in [0.05, 0.1) is 28.4 Å². The molecule has 0 unspecified atom stereocenters. The first kappa shape index (κ1) is 19.1. The fourth-order valence-corrected chi connectivity index (χ4v) is 3.09. The highest BCUT2D eigenvalue weighted by molar-refractivity contribution is 6.39. The Labute approximate surface area is 155 Å². The maximum atomic E-state index is 12.7. The van der Waals surface area contributed by atoms with Crippen LogP contribution in [0, 0.1) is 6.92 Å². The molecule has 25 heavy (non-hydrogen) atoms. The number of amides is 1. The van der Waals surface area contributed by atoms with Gasteiger partial charge in [-0.3, -0.25) is 4.79 Å². The molecule has 1 heterocycles. The van der Waals surface area contributed by atoms with Crippen molar-refractivity contribution in [2.75, 3.05) is 18.2 Å². The van der Waals surface area contributed by atoms with Gasteiger partial charge in [0.25, 0.3) is 5.91 Å². The molecule has 8 heteroatoms. The second-order valence-corrected chi connectivity index (χ2v) is 6.34. The van der Waals surface area contributed by atoms with Crippen molar-refractivity contribution < 1.29 is 14.3 Å². The van der Waals surface area contributed by atoms with Gasteiger partial charge in [-0.05, 0) is 31.0 Å². The van der Waals surface area contributed by atoms with Crippen LogP contribution in [0.5, 0.6) is 0 Å². The molecule has 134 valence electrons. The molecule has 1 aromatic heterocycles. The Hall–Kier alpha value is -2.18. The summed E-state index contributed by atoms with van der Waals surface area (Å²) in [7, 11) is 1.31. The molecule has 1 amide bonds. The summed E-state index contributed by atoms with van der Waals surface area (Å²) in [6, 6.07) is 3.02. The Morgan fingerprint density at radius 2 is 1.88 bits per heavy atom. The van der Waals surface area contributed by atoms with E-state index in [2.05, 4.69) is 10.3 Å². The van der Waals surface area contributed by atoms with Crippen LogP contribution in [0.15, 0.2) is 12.1 Å². The van der Waals surface area contributed by atoms with E-state index in [9.17, 15) is 9.59 Å². The standard InChI is InChI=1S/C17H19Cl2N3O3/c1-4-5-10-13(17(24)25-3)8(2)21-15(10)16(23)22-9-6-11(18)14(20)12(19)7-9/h6-7,21H,4-5,20H2,1-3H3,(H,22,23). The molecule has 2 rings (SSSR count). The van der Waals surface area contributed by atoms with Crippen molar-refractivity contribution in [3.8, 4) is 0 Å². The fraction of sp³-hybridized carbons (Fsp3) is 0.294. The molecule has 0 aliphatic rings. The summed E-state index contributed by atoms with van der Waals surface area (Å²) in [6.45, 7) is 3.68. The summed E-state index contributed by atoms with van der Waals surface area (Å²) >= 11 is 12.0. The third-order valence-electron chi connectivity index (χ3n) is 3.74. The number of esters is 1. The van der Waals surface area contributed by atoms with Crippen LogP contribution in [0.4, 0.5) is 11.4 Å². The number of halogens is 2. The van der Waals surface area contributed by atoms with Crippen molar-refractivity contribution in [3.63, 3.8) is 0 Å². The number of aromatic amines is 1. The summed E-state index contributed by atoms with van der Waals surface area (Å²) < 4.78 is 4.82. The van der Waals surface area contributed by atoms with Crippen LogP contribution < -0.4 is 11.1 Å². The van der Waals surface area contributed by atoms with Crippen molar-refractivity contribution >= 4 is 46.5 Å². The molecule has 0 aliphatic carbocycles. The Balaban J connectivity index is 2.41. The number of hydrogen-bond acceptors (Lipinski definition) is 4. The fourth-order valence-electron chi connectivity index (χ4n) is 2.60. The first-order valence-electron chi connectivity index (χ1n) is 7.65. The van der Waals surface area contributed by atoms with E-state index >= 15 is 0 Å². The van der Waals surface area contributed by atoms with E-state index in [1.54, 1.807) is 6.92 Å². The number of nitrogens with one attached hydrogen (secondary N) is 2. The zero-order valence-electron chi connectivity index (χ0n) is 14.1. The summed E-state index contributed by atoms with van der Waals surface area (Å²) in [5.74, 6) is -0.881. The molecule has 0 saturated carbocycles. The normalized spacial score (nSPS) is 10.6. The molecule has 0 spiro atoms. The Morgan fingerprint density at radius 3 is 2.40 bits per heavy atom. The molecule has 6 nitrogen and oxygen atoms in total. The average Bonchev–Trinajstić information content (AvgIpc) is 2.88. The number of aryl methyl sites for hydroxylation is 1. The minimum absolute atomic E-state index is 0.245. The topological polar surface area (TPSA) is 97.2 Å². The highest BCUT2D eigenvalue weighted by atomic mass is 35.5. The van der Waals surface area contributed by atoms with Crippen LogP contribution in [0.2, 0.25) is 10.0 Å². The molecule has 4 N–H and O–H groups in total. The van der Waals surface area contributed by atoms with Crippen LogP contribution in [-0.2, 0) is 11.2 Å². The van der Waals surface area contributed by atoms with Crippen LogP contribution in [0.1, 0.15) is 45.4 Å². The lowest BCUT2D eigenvalue weighted by atomic mass is 10.0. The Morgan fingerprint density at radius 1 is 1.28 bits per heavy atom. The van der Waals surface area contributed by atoms with Crippen LogP contribution in [0.25, 0.3) is 0 Å². The van der Waals surface area contributed by atoms with Gasteiger partial charge in [0, 0.05) is 11.4 Å². The quantitative estimate of drug-likeness (QED) is 0.532. The van der Waals surface area contributed by atoms with E-state index in [-0.39, 0.29) is 15.7 Å². The molecule has 2 aromatic rings. The predicted molar refractivity (Wildman–Crippen MR) is 99.7 cm³/mol. The molecule has 0 fully saturated rings. The number of methoxy groups -OCH3 is 1. The second kappa shape index (κ2) is 7.80. The maximum Gasteiger partial charge on any atom is 0.339 e. The van der Waals surface area contributed by atoms with E-state index in [1.807, 2.05) is 6.92 Å². The second-order valence-electron chi connectivity index (χ2n) is 5.53. The van der Waals surface area contributed by atoms with Crippen molar-refractivity contribution in [1.82, 2.24) is 4.98 Å². The predicted octanol–water partition coefficient (Wildman–Crippen LogP) is 4.20. The molecular formula is C17H19Cl2N3O3. The molecule has 0 aliphatic heterocycles. The van der Waals surface area contributed by atoms with E-state index in [0.717, 1.165) is 6.42 Å². The monoisotopic (exact) mass is 383 g/mol. The number of nitrogens with two attached hydrogens (primary N) is 1. The molecule has 0 bridgehead atoms. The number of carbonyl (C=O) groups excluding carboxylic acids is 2. The van der Waals surface area contributed by atoms with E-state index in [0.29, 0.717) is 34.6 Å². The van der Waals surface area contributed by atoms with Gasteiger partial charge in [-0.2, -0.15) is 0 Å². The summed E-state index contributed by atoms with van der Waals surface area (Å²) in [4.78, 5) is 27.7. The molecule has 0 radical (unpaired) electrons. The van der Waals surface area contributed by atoms with Crippen LogP contribution in [-0.4, -0.2) is 24.0 Å². The van der Waals surface area contributed by atoms with Gasteiger partial charge in [0.1, 0.15) is 5.69 Å². The Bertz CT molecular complexity index is 808. The SMILES string of the molecule is CCCc1c(C(=O)Nc2cc(Cl)c(N)c(Cl)c2)[nH]c(C)c1C(=O)OC. The third-order valence-corrected chi connectivity index (χ3v) is 4.37. The van der Waals surface area contributed by atoms with Crippen LogP contribution in [0.3, 0.4) is 0 Å². The van der Waals surface area contributed by atoms with Gasteiger partial charge in [-0.1, -0.05) is 36.5 Å². The lowest BCUT2D eigenvalue weighted by Gasteiger charge is -2.09. The van der Waals surface area contributed by atoms with Gasteiger partial charge in [0.2, 0.25) is 0 Å². The number of anilines is 2. The van der Waals surface area contributed by atoms with Gasteiger partial charge in [0.15, 0.2) is 0 Å². The number of rotatable bonds is 5. The summed E-state index contributed by atoms with van der Waals surface area (Å²) in [5, 5.41) is 3.21. The smallest absolute Gasteiger partial charge is 0.339 e. The number of benzene rings is 1. The van der Waals surface area contributed by atoms with Crippen molar-refractivity contribution in [2.45, 2.75) is 26.7 Å². The van der Waals surface area contributed by atoms with Gasteiger partial charge in [-0.15, -0.1) is 0 Å². The zero-order chi connectivity index (χ0) is 18.7. The molecule has 0 atom stereocenters. The van der Waals surface area contributed by atoms with Crippen molar-refractivity contribution in [3.05, 3.63) is 44.7 Å². The molecule has 1 aromatic carbocycles. The first-order valence-corrected chi connectivity index (χ1v) is 8.41. The highest BCUT2D eigenvalue weighted by Gasteiger charge is 2.25. The maximum absolute atomic E-state index is 12.7. The number of hydrogen-bond donors (Lipinski definition) is 3. The zero-order valence-corrected chi connectivity index (χ0v) is 15.6. The average molecular weight is 384 g/mol. The molecule has 0 saturated heterocycles. The minimum Gasteiger partial charge on any atom is -0.465 e. The van der Waals surface area contributed by atoms with Crippen molar-refractivity contribution in [2.24, 2.45) is 0 Å². The largest absolute Gasteiger partial charge is 0.465 e. The summed E-state index contributed by atoms with van der Waals surface area (Å²) in [5.41, 5.74) is 8.25. The van der Waals surface area contributed by atoms with Gasteiger partial charge in [-0.25, -0.2) is 4.79 Å². The van der Waals surface area contributed by atoms with Crippen molar-refractivity contribution in [1.29, 1.82) is 0 Å². The van der Waals surface area contributed by atoms with E-state index in [4.69, 9.17) is 33.7 Å². The lowest BCUT2D eigenvalue weighted by molar-refractivity contribution is 0.0599. The lowest BCUT2D eigenvalue weighted by Crippen LogP contribution is -2.15. The third kappa shape index (κ3) is 3.91. The number of H-pyrrole nitrogens is 1. The number of nitrogen functional groups attached to an aromatic ring is 1. The summed E-state index contributed by atoms with van der Waals surface area (Å²) in [6.07, 6.45) is 1.32.